The average molecular weight is 522 g/mol. The summed E-state index contributed by atoms with van der Waals surface area (Å²) in [6, 6.07) is 9.71. The number of pyridine rings is 1. The fourth-order valence-electron chi connectivity index (χ4n) is 3.79. The van der Waals surface area contributed by atoms with Crippen molar-refractivity contribution in [2.24, 2.45) is 12.8 Å². The van der Waals surface area contributed by atoms with Gasteiger partial charge in [0.25, 0.3) is 11.5 Å². The number of nitrogens with zero attached hydrogens (tertiary/aromatic N) is 1. The number of aliphatic carboxylic acids is 1. The molecule has 11 heteroatoms. The highest BCUT2D eigenvalue weighted by Crippen LogP contribution is 2.35. The molecule has 1 aromatic heterocycles. The molecule has 0 radical (unpaired) electrons. The quantitative estimate of drug-likeness (QED) is 0.436. The molecule has 0 aliphatic carbocycles. The Hall–Kier alpha value is -3.63. The number of aryl methyl sites for hydroxylation is 1. The smallest absolute Gasteiger partial charge is 0.417 e. The number of amides is 1. The summed E-state index contributed by atoms with van der Waals surface area (Å²) in [5.74, 6) is -2.04. The van der Waals surface area contributed by atoms with Gasteiger partial charge in [0.1, 0.15) is 6.04 Å². The topological polar surface area (TPSA) is 114 Å². The Bertz CT molecular complexity index is 1370. The lowest BCUT2D eigenvalue weighted by atomic mass is 9.97. The average Bonchev–Trinajstić information content (AvgIpc) is 2.81. The number of nitrogens with one attached hydrogen (secondary N) is 1. The van der Waals surface area contributed by atoms with E-state index in [2.05, 4.69) is 5.32 Å². The first-order valence-electron chi connectivity index (χ1n) is 10.7. The van der Waals surface area contributed by atoms with Gasteiger partial charge in [-0.05, 0) is 35.7 Å². The van der Waals surface area contributed by atoms with Crippen molar-refractivity contribution in [2.75, 3.05) is 0 Å². The van der Waals surface area contributed by atoms with E-state index in [4.69, 9.17) is 17.3 Å². The molecule has 7 nitrogen and oxygen atoms in total. The van der Waals surface area contributed by atoms with E-state index in [0.29, 0.717) is 11.1 Å². The molecule has 1 amide bonds. The molecule has 3 aromatic rings. The SMILES string of the molecule is Cc1cc(C(F)(F)F)c(-c2ccc(CC(NC(=O)c3c(Cl)cccc3CN)C(=O)O)cc2)c(=O)n1C. The van der Waals surface area contributed by atoms with Crippen molar-refractivity contribution in [3.05, 3.63) is 91.9 Å². The Morgan fingerprint density at radius 3 is 2.36 bits per heavy atom. The Morgan fingerprint density at radius 1 is 1.17 bits per heavy atom. The third kappa shape index (κ3) is 5.60. The highest BCUT2D eigenvalue weighted by Gasteiger charge is 2.36. The van der Waals surface area contributed by atoms with Crippen molar-refractivity contribution in [1.29, 1.82) is 0 Å². The number of benzene rings is 2. The fourth-order valence-corrected chi connectivity index (χ4v) is 4.07. The minimum Gasteiger partial charge on any atom is -0.480 e. The van der Waals surface area contributed by atoms with Crippen LogP contribution in [0, 0.1) is 6.92 Å². The molecule has 0 saturated carbocycles. The fraction of sp³-hybridized carbons (Fsp3) is 0.240. The van der Waals surface area contributed by atoms with E-state index in [1.165, 1.54) is 44.3 Å². The van der Waals surface area contributed by atoms with Crippen LogP contribution < -0.4 is 16.6 Å². The molecular weight excluding hydrogens is 499 g/mol. The molecule has 1 unspecified atom stereocenters. The van der Waals surface area contributed by atoms with Crippen molar-refractivity contribution in [3.8, 4) is 11.1 Å². The van der Waals surface area contributed by atoms with E-state index in [1.807, 2.05) is 0 Å². The number of hydrogen-bond acceptors (Lipinski definition) is 4. The molecule has 3 rings (SSSR count). The monoisotopic (exact) mass is 521 g/mol. The van der Waals surface area contributed by atoms with Crippen LogP contribution in [0.5, 0.6) is 0 Å². The predicted octanol–water partition coefficient (Wildman–Crippen LogP) is 3.92. The summed E-state index contributed by atoms with van der Waals surface area (Å²) in [5.41, 5.74) is 4.41. The zero-order chi connectivity index (χ0) is 26.8. The van der Waals surface area contributed by atoms with Gasteiger partial charge in [0.15, 0.2) is 0 Å². The molecule has 0 spiro atoms. The number of halogens is 4. The summed E-state index contributed by atoms with van der Waals surface area (Å²) in [6.45, 7) is 1.42. The van der Waals surface area contributed by atoms with E-state index in [9.17, 15) is 32.7 Å². The van der Waals surface area contributed by atoms with Crippen molar-refractivity contribution in [1.82, 2.24) is 9.88 Å². The van der Waals surface area contributed by atoms with Crippen LogP contribution in [0.15, 0.2) is 53.3 Å². The molecule has 0 bridgehead atoms. The Labute approximate surface area is 209 Å². The third-order valence-electron chi connectivity index (χ3n) is 5.81. The number of rotatable bonds is 7. The van der Waals surface area contributed by atoms with Crippen LogP contribution in [-0.4, -0.2) is 27.6 Å². The normalized spacial score (nSPS) is 12.3. The van der Waals surface area contributed by atoms with Crippen LogP contribution in [0.1, 0.15) is 32.7 Å². The maximum absolute atomic E-state index is 13.6. The van der Waals surface area contributed by atoms with Gasteiger partial charge in [-0.25, -0.2) is 4.79 Å². The summed E-state index contributed by atoms with van der Waals surface area (Å²) < 4.78 is 42.0. The van der Waals surface area contributed by atoms with E-state index in [-0.39, 0.29) is 34.8 Å². The number of carboxylic acids is 1. The summed E-state index contributed by atoms with van der Waals surface area (Å²) in [6.07, 6.45) is -4.91. The van der Waals surface area contributed by atoms with Crippen LogP contribution in [0.4, 0.5) is 13.2 Å². The minimum absolute atomic E-state index is 0.0148. The van der Waals surface area contributed by atoms with E-state index < -0.39 is 40.8 Å². The van der Waals surface area contributed by atoms with Gasteiger partial charge in [0, 0.05) is 25.7 Å². The maximum Gasteiger partial charge on any atom is 0.417 e. The highest BCUT2D eigenvalue weighted by atomic mass is 35.5. The molecule has 0 saturated heterocycles. The van der Waals surface area contributed by atoms with E-state index >= 15 is 0 Å². The second kappa shape index (κ2) is 10.5. The van der Waals surface area contributed by atoms with Gasteiger partial charge in [0.05, 0.1) is 21.7 Å². The number of alkyl halides is 3. The molecule has 190 valence electrons. The summed E-state index contributed by atoms with van der Waals surface area (Å²) in [7, 11) is 1.38. The van der Waals surface area contributed by atoms with Gasteiger partial charge in [-0.2, -0.15) is 13.2 Å². The minimum atomic E-state index is -4.74. The summed E-state index contributed by atoms with van der Waals surface area (Å²) in [5, 5.41) is 12.2. The van der Waals surface area contributed by atoms with Crippen LogP contribution in [-0.2, 0) is 31.0 Å². The van der Waals surface area contributed by atoms with Crippen molar-refractivity contribution in [3.63, 3.8) is 0 Å². The lowest BCUT2D eigenvalue weighted by Gasteiger charge is -2.18. The molecule has 36 heavy (non-hydrogen) atoms. The molecule has 1 heterocycles. The largest absolute Gasteiger partial charge is 0.480 e. The number of carboxylic acid groups (broad SMARTS) is 1. The standard InChI is InChI=1S/C25H23ClF3N3O4/c1-13-10-17(25(27,28)29)20(23(34)32(13)2)15-8-6-14(7-9-15)11-19(24(35)36)31-22(33)21-16(12-30)4-3-5-18(21)26/h3-10,19H,11-12,30H2,1-2H3,(H,31,33)(H,35,36). The molecule has 4 N–H and O–H groups in total. The Balaban J connectivity index is 1.90. The first-order valence-corrected chi connectivity index (χ1v) is 11.1. The number of carbonyl (C=O) groups is 2. The molecule has 0 aliphatic rings. The van der Waals surface area contributed by atoms with Gasteiger partial charge in [-0.1, -0.05) is 48.0 Å². The van der Waals surface area contributed by atoms with Crippen LogP contribution in [0.3, 0.4) is 0 Å². The molecule has 1 atom stereocenters. The number of hydrogen-bond donors (Lipinski definition) is 3. The zero-order valence-corrected chi connectivity index (χ0v) is 20.1. The van der Waals surface area contributed by atoms with Gasteiger partial charge in [-0.15, -0.1) is 0 Å². The Morgan fingerprint density at radius 2 is 1.81 bits per heavy atom. The van der Waals surface area contributed by atoms with Crippen LogP contribution >= 0.6 is 11.6 Å². The molecule has 2 aromatic carbocycles. The van der Waals surface area contributed by atoms with Crippen molar-refractivity contribution < 1.29 is 27.9 Å². The van der Waals surface area contributed by atoms with E-state index in [1.54, 1.807) is 12.1 Å². The maximum atomic E-state index is 13.6. The van der Waals surface area contributed by atoms with Gasteiger partial charge in [0.2, 0.25) is 0 Å². The first-order chi connectivity index (χ1) is 16.8. The van der Waals surface area contributed by atoms with Gasteiger partial charge >= 0.3 is 12.1 Å². The Kier molecular flexibility index (Phi) is 7.90. The van der Waals surface area contributed by atoms with Crippen molar-refractivity contribution >= 4 is 23.5 Å². The lowest BCUT2D eigenvalue weighted by Crippen LogP contribution is -2.42. The van der Waals surface area contributed by atoms with E-state index in [0.717, 1.165) is 10.6 Å². The second-order valence-electron chi connectivity index (χ2n) is 8.18. The third-order valence-corrected chi connectivity index (χ3v) is 6.12. The molecule has 0 fully saturated rings. The summed E-state index contributed by atoms with van der Waals surface area (Å²) >= 11 is 6.11. The predicted molar refractivity (Wildman–Crippen MR) is 129 cm³/mol. The lowest BCUT2D eigenvalue weighted by molar-refractivity contribution is -0.139. The second-order valence-corrected chi connectivity index (χ2v) is 8.59. The molecule has 0 aliphatic heterocycles. The first kappa shape index (κ1) is 27.0. The number of carbonyl (C=O) groups excluding carboxylic acids is 1. The van der Waals surface area contributed by atoms with Gasteiger partial charge in [-0.3, -0.25) is 9.59 Å². The zero-order valence-electron chi connectivity index (χ0n) is 19.3. The highest BCUT2D eigenvalue weighted by molar-refractivity contribution is 6.34. The van der Waals surface area contributed by atoms with Crippen LogP contribution in [0.25, 0.3) is 11.1 Å². The van der Waals surface area contributed by atoms with Crippen LogP contribution in [0.2, 0.25) is 5.02 Å². The van der Waals surface area contributed by atoms with Gasteiger partial charge < -0.3 is 20.7 Å². The summed E-state index contributed by atoms with van der Waals surface area (Å²) in [4.78, 5) is 37.2. The molecular formula is C25H23ClF3N3O4. The number of nitrogens with two attached hydrogens (primary N) is 1. The number of aromatic nitrogens is 1. The van der Waals surface area contributed by atoms with Crippen molar-refractivity contribution in [2.45, 2.75) is 32.1 Å².